The number of ether oxygens (including phenoxy) is 1. The number of hydrogen-bond acceptors (Lipinski definition) is 4. The molecule has 1 atom stereocenters. The molecule has 4 nitrogen and oxygen atoms in total. The van der Waals surface area contributed by atoms with E-state index in [1.165, 1.54) is 0 Å². The van der Waals surface area contributed by atoms with Crippen LogP contribution >= 0.6 is 12.4 Å². The summed E-state index contributed by atoms with van der Waals surface area (Å²) >= 11 is 0. The molecule has 1 unspecified atom stereocenters. The lowest BCUT2D eigenvalue weighted by Gasteiger charge is -2.28. The largest absolute Gasteiger partial charge is 0.497 e. The lowest BCUT2D eigenvalue weighted by molar-refractivity contribution is 0.375. The maximum Gasteiger partial charge on any atom is 0.119 e. The lowest BCUT2D eigenvalue weighted by atomic mass is 9.98. The van der Waals surface area contributed by atoms with Gasteiger partial charge >= 0.3 is 0 Å². The van der Waals surface area contributed by atoms with Crippen molar-refractivity contribution in [2.45, 2.75) is 12.5 Å². The molecule has 1 aromatic heterocycles. The standard InChI is InChI=1S/C14H15N3O.ClH/c1-18-11-4-2-3-10(9-11)13-14(12-5-6-15-12)17-8-7-16-13;/h2-4,7-9,12,15H,5-6H2,1H3;1H. The maximum atomic E-state index is 5.25. The van der Waals surface area contributed by atoms with E-state index in [0.29, 0.717) is 6.04 Å². The van der Waals surface area contributed by atoms with Gasteiger partial charge in [-0.05, 0) is 25.1 Å². The van der Waals surface area contributed by atoms with Crippen molar-refractivity contribution in [1.29, 1.82) is 0 Å². The minimum atomic E-state index is 0. The van der Waals surface area contributed by atoms with Gasteiger partial charge < -0.3 is 10.1 Å². The van der Waals surface area contributed by atoms with Gasteiger partial charge in [0.1, 0.15) is 5.75 Å². The van der Waals surface area contributed by atoms with E-state index in [1.54, 1.807) is 19.5 Å². The summed E-state index contributed by atoms with van der Waals surface area (Å²) in [7, 11) is 1.67. The highest BCUT2D eigenvalue weighted by Gasteiger charge is 2.23. The van der Waals surface area contributed by atoms with Crippen molar-refractivity contribution in [1.82, 2.24) is 15.3 Å². The highest BCUT2D eigenvalue weighted by Crippen LogP contribution is 2.30. The molecule has 0 spiro atoms. The normalized spacial score (nSPS) is 17.2. The van der Waals surface area contributed by atoms with E-state index in [0.717, 1.165) is 35.7 Å². The van der Waals surface area contributed by atoms with Gasteiger partial charge in [-0.2, -0.15) is 0 Å². The van der Waals surface area contributed by atoms with E-state index in [-0.39, 0.29) is 12.4 Å². The van der Waals surface area contributed by atoms with Crippen molar-refractivity contribution in [2.24, 2.45) is 0 Å². The Morgan fingerprint density at radius 2 is 2.05 bits per heavy atom. The molecule has 3 rings (SSSR count). The second kappa shape index (κ2) is 5.99. The number of benzene rings is 1. The van der Waals surface area contributed by atoms with Crippen LogP contribution in [0.4, 0.5) is 0 Å². The monoisotopic (exact) mass is 277 g/mol. The molecular weight excluding hydrogens is 262 g/mol. The summed E-state index contributed by atoms with van der Waals surface area (Å²) in [6, 6.07) is 8.27. The summed E-state index contributed by atoms with van der Waals surface area (Å²) in [6.07, 6.45) is 4.60. The number of nitrogens with one attached hydrogen (secondary N) is 1. The second-order valence-corrected chi connectivity index (χ2v) is 4.32. The summed E-state index contributed by atoms with van der Waals surface area (Å²) in [4.78, 5) is 8.94. The molecule has 0 bridgehead atoms. The maximum absolute atomic E-state index is 5.25. The average molecular weight is 278 g/mol. The predicted molar refractivity (Wildman–Crippen MR) is 76.6 cm³/mol. The van der Waals surface area contributed by atoms with Crippen molar-refractivity contribution in [2.75, 3.05) is 13.7 Å². The summed E-state index contributed by atoms with van der Waals surface area (Å²) in [6.45, 7) is 1.05. The van der Waals surface area contributed by atoms with Gasteiger partial charge in [-0.3, -0.25) is 9.97 Å². The van der Waals surface area contributed by atoms with Crippen LogP contribution in [0.15, 0.2) is 36.7 Å². The topological polar surface area (TPSA) is 47.0 Å². The van der Waals surface area contributed by atoms with Gasteiger partial charge in [0.15, 0.2) is 0 Å². The minimum absolute atomic E-state index is 0. The summed E-state index contributed by atoms with van der Waals surface area (Å²) in [5.74, 6) is 0.839. The van der Waals surface area contributed by atoms with Crippen LogP contribution in [0.5, 0.6) is 5.75 Å². The summed E-state index contributed by atoms with van der Waals surface area (Å²) in [5, 5.41) is 3.37. The van der Waals surface area contributed by atoms with Gasteiger partial charge in [-0.1, -0.05) is 12.1 Å². The number of hydrogen-bond donors (Lipinski definition) is 1. The van der Waals surface area contributed by atoms with Crippen LogP contribution in [-0.4, -0.2) is 23.6 Å². The fourth-order valence-corrected chi connectivity index (χ4v) is 2.12. The van der Waals surface area contributed by atoms with E-state index in [4.69, 9.17) is 4.74 Å². The van der Waals surface area contributed by atoms with Crippen LogP contribution in [0.3, 0.4) is 0 Å². The molecule has 5 heteroatoms. The van der Waals surface area contributed by atoms with Crippen LogP contribution in [0.25, 0.3) is 11.3 Å². The zero-order valence-electron chi connectivity index (χ0n) is 10.7. The molecule has 100 valence electrons. The van der Waals surface area contributed by atoms with E-state index in [2.05, 4.69) is 15.3 Å². The van der Waals surface area contributed by atoms with Crippen molar-refractivity contribution < 1.29 is 4.74 Å². The van der Waals surface area contributed by atoms with Crippen LogP contribution in [0.1, 0.15) is 18.2 Å². The first kappa shape index (κ1) is 13.8. The molecule has 1 saturated heterocycles. The highest BCUT2D eigenvalue weighted by molar-refractivity contribution is 5.85. The number of aromatic nitrogens is 2. The smallest absolute Gasteiger partial charge is 0.119 e. The Hall–Kier alpha value is -1.65. The minimum Gasteiger partial charge on any atom is -0.497 e. The van der Waals surface area contributed by atoms with E-state index < -0.39 is 0 Å². The SMILES string of the molecule is COc1cccc(-c2nccnc2C2CCN2)c1.Cl. The van der Waals surface area contributed by atoms with Gasteiger partial charge in [-0.25, -0.2) is 0 Å². The fraction of sp³-hybridized carbons (Fsp3) is 0.286. The number of methoxy groups -OCH3 is 1. The Morgan fingerprint density at radius 1 is 1.26 bits per heavy atom. The van der Waals surface area contributed by atoms with Gasteiger partial charge in [0.2, 0.25) is 0 Å². The van der Waals surface area contributed by atoms with Crippen molar-refractivity contribution in [3.8, 4) is 17.0 Å². The lowest BCUT2D eigenvalue weighted by Crippen LogP contribution is -2.36. The van der Waals surface area contributed by atoms with Crippen LogP contribution < -0.4 is 10.1 Å². The third-order valence-electron chi connectivity index (χ3n) is 3.22. The van der Waals surface area contributed by atoms with Gasteiger partial charge in [0, 0.05) is 18.0 Å². The summed E-state index contributed by atoms with van der Waals surface area (Å²) in [5.41, 5.74) is 3.01. The molecule has 1 N–H and O–H groups in total. The molecule has 0 radical (unpaired) electrons. The Balaban J connectivity index is 0.00000133. The number of rotatable bonds is 3. The molecule has 2 heterocycles. The van der Waals surface area contributed by atoms with E-state index >= 15 is 0 Å². The zero-order chi connectivity index (χ0) is 12.4. The molecule has 0 saturated carbocycles. The third-order valence-corrected chi connectivity index (χ3v) is 3.22. The first-order chi connectivity index (χ1) is 8.88. The molecule has 1 aromatic carbocycles. The Morgan fingerprint density at radius 3 is 2.74 bits per heavy atom. The fourth-order valence-electron chi connectivity index (χ4n) is 2.12. The summed E-state index contributed by atoms with van der Waals surface area (Å²) < 4.78 is 5.25. The number of halogens is 1. The Bertz CT molecular complexity index is 558. The molecule has 0 amide bonds. The van der Waals surface area contributed by atoms with Crippen molar-refractivity contribution in [3.63, 3.8) is 0 Å². The van der Waals surface area contributed by atoms with Gasteiger partial charge in [0.05, 0.1) is 24.5 Å². The van der Waals surface area contributed by atoms with Gasteiger partial charge in [-0.15, -0.1) is 12.4 Å². The van der Waals surface area contributed by atoms with Crippen molar-refractivity contribution in [3.05, 3.63) is 42.4 Å². The Kier molecular flexibility index (Phi) is 4.35. The molecule has 1 fully saturated rings. The molecule has 0 aliphatic carbocycles. The third kappa shape index (κ3) is 2.69. The van der Waals surface area contributed by atoms with Crippen LogP contribution in [-0.2, 0) is 0 Å². The molecular formula is C14H16ClN3O. The first-order valence-corrected chi connectivity index (χ1v) is 6.07. The second-order valence-electron chi connectivity index (χ2n) is 4.32. The van der Waals surface area contributed by atoms with Crippen LogP contribution in [0, 0.1) is 0 Å². The molecule has 19 heavy (non-hydrogen) atoms. The Labute approximate surface area is 118 Å². The average Bonchev–Trinajstić information content (AvgIpc) is 2.37. The first-order valence-electron chi connectivity index (χ1n) is 6.07. The molecule has 1 aliphatic rings. The highest BCUT2D eigenvalue weighted by atomic mass is 35.5. The zero-order valence-corrected chi connectivity index (χ0v) is 11.5. The number of nitrogens with zero attached hydrogens (tertiary/aromatic N) is 2. The van der Waals surface area contributed by atoms with E-state index in [1.807, 2.05) is 24.3 Å². The van der Waals surface area contributed by atoms with E-state index in [9.17, 15) is 0 Å². The molecule has 2 aromatic rings. The van der Waals surface area contributed by atoms with Gasteiger partial charge in [0.25, 0.3) is 0 Å². The van der Waals surface area contributed by atoms with Crippen molar-refractivity contribution >= 4 is 12.4 Å². The predicted octanol–water partition coefficient (Wildman–Crippen LogP) is 2.61. The quantitative estimate of drug-likeness (QED) is 0.937. The van der Waals surface area contributed by atoms with Crippen LogP contribution in [0.2, 0.25) is 0 Å². The molecule has 1 aliphatic heterocycles.